The number of allylic oxidation sites excluding steroid dienone is 1. The van der Waals surface area contributed by atoms with Gasteiger partial charge in [-0.05, 0) is 42.0 Å². The molecule has 5 nitrogen and oxygen atoms in total. The van der Waals surface area contributed by atoms with Crippen LogP contribution in [-0.2, 0) is 0 Å². The molecule has 0 radical (unpaired) electrons. The fourth-order valence-corrected chi connectivity index (χ4v) is 2.81. The monoisotopic (exact) mass is 357 g/mol. The van der Waals surface area contributed by atoms with Crippen molar-refractivity contribution in [3.05, 3.63) is 82.0 Å². The summed E-state index contributed by atoms with van der Waals surface area (Å²) in [5, 5.41) is 12.0. The van der Waals surface area contributed by atoms with Crippen molar-refractivity contribution in [3.63, 3.8) is 0 Å². The summed E-state index contributed by atoms with van der Waals surface area (Å²) < 4.78 is 5.34. The summed E-state index contributed by atoms with van der Waals surface area (Å²) >= 11 is 0. The SMILES string of the molecule is CN(C)c1ccc(/C=C/c2nc(C=C3C=c4ccccc4=N3)c(O)o2)cc1. The zero-order valence-electron chi connectivity index (χ0n) is 15.1. The van der Waals surface area contributed by atoms with Gasteiger partial charge in [-0.3, -0.25) is 0 Å². The number of hydrogen-bond acceptors (Lipinski definition) is 5. The van der Waals surface area contributed by atoms with Gasteiger partial charge in [0.25, 0.3) is 0 Å². The van der Waals surface area contributed by atoms with Crippen LogP contribution < -0.4 is 15.5 Å². The molecule has 4 rings (SSSR count). The Bertz CT molecular complexity index is 1120. The van der Waals surface area contributed by atoms with Gasteiger partial charge >= 0.3 is 5.95 Å². The topological polar surface area (TPSA) is 61.9 Å². The van der Waals surface area contributed by atoms with E-state index in [4.69, 9.17) is 4.42 Å². The molecule has 0 spiro atoms. The molecule has 0 atom stereocenters. The molecule has 0 bridgehead atoms. The van der Waals surface area contributed by atoms with E-state index < -0.39 is 0 Å². The summed E-state index contributed by atoms with van der Waals surface area (Å²) in [7, 11) is 4.01. The fraction of sp³-hybridized carbons (Fsp3) is 0.0909. The molecule has 1 N–H and O–H groups in total. The molecule has 134 valence electrons. The number of oxazole rings is 1. The van der Waals surface area contributed by atoms with E-state index >= 15 is 0 Å². The number of fused-ring (bicyclic) bond motifs is 1. The minimum absolute atomic E-state index is 0.218. The second-order valence-corrected chi connectivity index (χ2v) is 6.45. The van der Waals surface area contributed by atoms with Crippen LogP contribution in [0.15, 0.2) is 63.6 Å². The lowest BCUT2D eigenvalue weighted by Gasteiger charge is -2.11. The quantitative estimate of drug-likeness (QED) is 0.779. The molecule has 1 aromatic heterocycles. The smallest absolute Gasteiger partial charge is 0.310 e. The third-order valence-corrected chi connectivity index (χ3v) is 4.25. The van der Waals surface area contributed by atoms with Crippen molar-refractivity contribution in [3.8, 4) is 5.95 Å². The van der Waals surface area contributed by atoms with Gasteiger partial charge in [0.1, 0.15) is 5.69 Å². The highest BCUT2D eigenvalue weighted by Crippen LogP contribution is 2.23. The molecule has 0 saturated carbocycles. The average Bonchev–Trinajstić information content (AvgIpc) is 3.23. The van der Waals surface area contributed by atoms with Crippen molar-refractivity contribution < 1.29 is 9.52 Å². The third kappa shape index (κ3) is 3.67. The van der Waals surface area contributed by atoms with E-state index in [9.17, 15) is 5.11 Å². The first-order valence-electron chi connectivity index (χ1n) is 8.61. The summed E-state index contributed by atoms with van der Waals surface area (Å²) in [6, 6.07) is 16.0. The van der Waals surface area contributed by atoms with Gasteiger partial charge in [0, 0.05) is 31.1 Å². The number of nitrogens with zero attached hydrogens (tertiary/aromatic N) is 3. The highest BCUT2D eigenvalue weighted by molar-refractivity contribution is 5.70. The molecule has 0 saturated heterocycles. The van der Waals surface area contributed by atoms with Crippen LogP contribution in [0.1, 0.15) is 17.1 Å². The number of hydrogen-bond donors (Lipinski definition) is 1. The highest BCUT2D eigenvalue weighted by atomic mass is 16.5. The Morgan fingerprint density at radius 2 is 1.78 bits per heavy atom. The molecule has 1 aliphatic heterocycles. The van der Waals surface area contributed by atoms with Crippen LogP contribution in [0.4, 0.5) is 5.69 Å². The largest absolute Gasteiger partial charge is 0.479 e. The first-order chi connectivity index (χ1) is 13.1. The highest BCUT2D eigenvalue weighted by Gasteiger charge is 2.10. The van der Waals surface area contributed by atoms with Crippen LogP contribution in [0.2, 0.25) is 0 Å². The number of para-hydroxylation sites is 1. The maximum absolute atomic E-state index is 10.0. The van der Waals surface area contributed by atoms with Gasteiger partial charge in [-0.15, -0.1) is 0 Å². The van der Waals surface area contributed by atoms with E-state index in [2.05, 4.69) is 9.98 Å². The third-order valence-electron chi connectivity index (χ3n) is 4.25. The van der Waals surface area contributed by atoms with E-state index in [0.29, 0.717) is 11.6 Å². The average molecular weight is 357 g/mol. The number of aromatic nitrogens is 1. The summed E-state index contributed by atoms with van der Waals surface area (Å²) in [6.45, 7) is 0. The van der Waals surface area contributed by atoms with Gasteiger partial charge < -0.3 is 14.4 Å². The maximum atomic E-state index is 10.0. The molecule has 2 aromatic carbocycles. The molecule has 2 heterocycles. The predicted octanol–water partition coefficient (Wildman–Crippen LogP) is 3.07. The van der Waals surface area contributed by atoms with Crippen molar-refractivity contribution in [2.24, 2.45) is 4.99 Å². The van der Waals surface area contributed by atoms with Crippen LogP contribution in [-0.4, -0.2) is 24.2 Å². The standard InChI is InChI=1S/C22H19N3O2/c1-25(2)18-10-7-15(8-11-18)9-12-21-24-20(22(26)27-21)14-17-13-16-5-3-4-6-19(16)23-17/h3-14,26H,1-2H3/b12-9+,17-14?. The Morgan fingerprint density at radius 3 is 2.52 bits per heavy atom. The van der Waals surface area contributed by atoms with Gasteiger partial charge in [0.15, 0.2) is 0 Å². The molecule has 0 fully saturated rings. The van der Waals surface area contributed by atoms with Crippen molar-refractivity contribution in [2.75, 3.05) is 19.0 Å². The minimum atomic E-state index is -0.218. The lowest BCUT2D eigenvalue weighted by atomic mass is 10.2. The van der Waals surface area contributed by atoms with E-state index in [0.717, 1.165) is 27.5 Å². The van der Waals surface area contributed by atoms with Crippen LogP contribution in [0.25, 0.3) is 24.3 Å². The van der Waals surface area contributed by atoms with Gasteiger partial charge in [-0.25, -0.2) is 9.98 Å². The van der Waals surface area contributed by atoms with Gasteiger partial charge in [-0.2, -0.15) is 0 Å². The van der Waals surface area contributed by atoms with E-state index in [1.807, 2.05) is 79.7 Å². The summed E-state index contributed by atoms with van der Waals surface area (Å²) in [5.74, 6) is 0.121. The predicted molar refractivity (Wildman–Crippen MR) is 108 cm³/mol. The summed E-state index contributed by atoms with van der Waals surface area (Å²) in [6.07, 6.45) is 7.29. The number of anilines is 1. The molecule has 0 amide bonds. The molecule has 0 unspecified atom stereocenters. The lowest BCUT2D eigenvalue weighted by Crippen LogP contribution is -2.19. The molecule has 3 aromatic rings. The second-order valence-electron chi connectivity index (χ2n) is 6.45. The first kappa shape index (κ1) is 16.8. The Morgan fingerprint density at radius 1 is 1.00 bits per heavy atom. The molecule has 0 aliphatic carbocycles. The van der Waals surface area contributed by atoms with Gasteiger partial charge in [-0.1, -0.05) is 30.3 Å². The van der Waals surface area contributed by atoms with Crippen molar-refractivity contribution >= 4 is 30.0 Å². The molecular weight excluding hydrogens is 338 g/mol. The van der Waals surface area contributed by atoms with E-state index in [1.54, 1.807) is 12.2 Å². The summed E-state index contributed by atoms with van der Waals surface area (Å²) in [5.41, 5.74) is 3.25. The molecule has 27 heavy (non-hydrogen) atoms. The second kappa shape index (κ2) is 6.96. The normalized spacial score (nSPS) is 14.2. The Hall–Kier alpha value is -3.60. The van der Waals surface area contributed by atoms with E-state index in [-0.39, 0.29) is 5.95 Å². The van der Waals surface area contributed by atoms with Crippen LogP contribution in [0.5, 0.6) is 5.95 Å². The van der Waals surface area contributed by atoms with Crippen LogP contribution in [0.3, 0.4) is 0 Å². The van der Waals surface area contributed by atoms with Crippen molar-refractivity contribution in [2.45, 2.75) is 0 Å². The maximum Gasteiger partial charge on any atom is 0.310 e. The number of aromatic hydroxyl groups is 1. The Kier molecular flexibility index (Phi) is 4.34. The summed E-state index contributed by atoms with van der Waals surface area (Å²) in [4.78, 5) is 10.9. The van der Waals surface area contributed by atoms with Gasteiger partial charge in [0.2, 0.25) is 5.89 Å². The number of benzene rings is 2. The molecular formula is C22H19N3O2. The lowest BCUT2D eigenvalue weighted by molar-refractivity contribution is 0.328. The fourth-order valence-electron chi connectivity index (χ4n) is 2.81. The first-order valence-corrected chi connectivity index (χ1v) is 8.61. The Labute approximate surface area is 156 Å². The Balaban J connectivity index is 1.55. The van der Waals surface area contributed by atoms with Crippen LogP contribution >= 0.6 is 0 Å². The van der Waals surface area contributed by atoms with Crippen LogP contribution in [0, 0.1) is 0 Å². The van der Waals surface area contributed by atoms with Gasteiger partial charge in [0.05, 0.1) is 11.1 Å². The van der Waals surface area contributed by atoms with Crippen molar-refractivity contribution in [1.29, 1.82) is 0 Å². The zero-order valence-corrected chi connectivity index (χ0v) is 15.1. The van der Waals surface area contributed by atoms with Crippen molar-refractivity contribution in [1.82, 2.24) is 4.98 Å². The zero-order chi connectivity index (χ0) is 18.8. The minimum Gasteiger partial charge on any atom is -0.479 e. The molecule has 5 heteroatoms. The van der Waals surface area contributed by atoms with E-state index in [1.165, 1.54) is 0 Å². The number of rotatable bonds is 4. The molecule has 1 aliphatic rings.